The monoisotopic (exact) mass is 266 g/mol. The van der Waals surface area contributed by atoms with Crippen LogP contribution in [0.3, 0.4) is 0 Å². The SMILES string of the molecule is NNc1ccc(OC(F)(F)F)c(C(O)C(=O)O)c1. The first kappa shape index (κ1) is 14.1. The van der Waals surface area contributed by atoms with Crippen LogP contribution in [0, 0.1) is 0 Å². The van der Waals surface area contributed by atoms with Crippen LogP contribution in [-0.4, -0.2) is 22.5 Å². The number of carbonyl (C=O) groups is 1. The Morgan fingerprint density at radius 1 is 1.44 bits per heavy atom. The average molecular weight is 266 g/mol. The molecule has 1 rings (SSSR count). The predicted octanol–water partition coefficient (Wildman–Crippen LogP) is 0.989. The fraction of sp³-hybridized carbons (Fsp3) is 0.222. The zero-order valence-electron chi connectivity index (χ0n) is 8.73. The normalized spacial score (nSPS) is 12.9. The van der Waals surface area contributed by atoms with Crippen LogP contribution in [0.2, 0.25) is 0 Å². The number of nitrogen functional groups attached to an aromatic ring is 1. The number of hydrogen-bond acceptors (Lipinski definition) is 5. The Balaban J connectivity index is 3.20. The van der Waals surface area contributed by atoms with Crippen LogP contribution in [-0.2, 0) is 4.79 Å². The molecule has 1 atom stereocenters. The summed E-state index contributed by atoms with van der Waals surface area (Å²) in [4.78, 5) is 10.6. The van der Waals surface area contributed by atoms with Crippen molar-refractivity contribution in [1.82, 2.24) is 0 Å². The Kier molecular flexibility index (Phi) is 3.99. The van der Waals surface area contributed by atoms with Gasteiger partial charge in [-0.05, 0) is 18.2 Å². The van der Waals surface area contributed by atoms with Crippen molar-refractivity contribution in [3.05, 3.63) is 23.8 Å². The maximum absolute atomic E-state index is 12.1. The predicted molar refractivity (Wildman–Crippen MR) is 53.5 cm³/mol. The van der Waals surface area contributed by atoms with Crippen LogP contribution >= 0.6 is 0 Å². The second-order valence-corrected chi connectivity index (χ2v) is 3.19. The summed E-state index contributed by atoms with van der Waals surface area (Å²) in [6, 6.07) is 2.93. The highest BCUT2D eigenvalue weighted by Gasteiger charge is 2.33. The van der Waals surface area contributed by atoms with Crippen molar-refractivity contribution in [1.29, 1.82) is 0 Å². The third kappa shape index (κ3) is 3.50. The number of ether oxygens (including phenoxy) is 1. The highest BCUT2D eigenvalue weighted by Crippen LogP contribution is 2.32. The van der Waals surface area contributed by atoms with Gasteiger partial charge in [-0.1, -0.05) is 0 Å². The van der Waals surface area contributed by atoms with Gasteiger partial charge in [0.25, 0.3) is 0 Å². The lowest BCUT2D eigenvalue weighted by atomic mass is 10.1. The van der Waals surface area contributed by atoms with E-state index in [1.54, 1.807) is 0 Å². The number of alkyl halides is 3. The van der Waals surface area contributed by atoms with Crippen LogP contribution in [0.5, 0.6) is 5.75 Å². The molecule has 0 saturated heterocycles. The lowest BCUT2D eigenvalue weighted by molar-refractivity contribution is -0.275. The van der Waals surface area contributed by atoms with Crippen molar-refractivity contribution in [2.24, 2.45) is 5.84 Å². The van der Waals surface area contributed by atoms with Gasteiger partial charge < -0.3 is 20.4 Å². The van der Waals surface area contributed by atoms with Gasteiger partial charge in [0.2, 0.25) is 0 Å². The summed E-state index contributed by atoms with van der Waals surface area (Å²) in [6.45, 7) is 0. The number of rotatable bonds is 4. The molecule has 9 heteroatoms. The van der Waals surface area contributed by atoms with Crippen molar-refractivity contribution < 1.29 is 32.9 Å². The number of carboxylic acid groups (broad SMARTS) is 1. The number of nitrogens with one attached hydrogen (secondary N) is 1. The largest absolute Gasteiger partial charge is 0.573 e. The first-order valence-corrected chi connectivity index (χ1v) is 4.52. The third-order valence-corrected chi connectivity index (χ3v) is 1.93. The van der Waals surface area contributed by atoms with E-state index in [0.29, 0.717) is 0 Å². The van der Waals surface area contributed by atoms with Gasteiger partial charge in [-0.25, -0.2) is 4.79 Å². The Labute approximate surface area is 98.7 Å². The van der Waals surface area contributed by atoms with Gasteiger partial charge in [0, 0.05) is 11.3 Å². The van der Waals surface area contributed by atoms with Gasteiger partial charge in [0.05, 0.1) is 0 Å². The number of anilines is 1. The fourth-order valence-corrected chi connectivity index (χ4v) is 1.20. The summed E-state index contributed by atoms with van der Waals surface area (Å²) >= 11 is 0. The minimum atomic E-state index is -5.00. The van der Waals surface area contributed by atoms with Crippen LogP contribution in [0.25, 0.3) is 0 Å². The molecular formula is C9H9F3N2O4. The second-order valence-electron chi connectivity index (χ2n) is 3.19. The third-order valence-electron chi connectivity index (χ3n) is 1.93. The summed E-state index contributed by atoms with van der Waals surface area (Å²) in [6.07, 6.45) is -7.15. The maximum atomic E-state index is 12.1. The molecule has 0 aliphatic heterocycles. The van der Waals surface area contributed by atoms with Crippen molar-refractivity contribution in [3.8, 4) is 5.75 Å². The number of hydrazine groups is 1. The molecule has 5 N–H and O–H groups in total. The lowest BCUT2D eigenvalue weighted by Crippen LogP contribution is -2.20. The molecule has 6 nitrogen and oxygen atoms in total. The molecule has 0 bridgehead atoms. The van der Waals surface area contributed by atoms with E-state index in [0.717, 1.165) is 18.2 Å². The maximum Gasteiger partial charge on any atom is 0.573 e. The average Bonchev–Trinajstić information content (AvgIpc) is 2.26. The number of nitrogens with two attached hydrogens (primary N) is 1. The lowest BCUT2D eigenvalue weighted by Gasteiger charge is -2.16. The zero-order chi connectivity index (χ0) is 13.9. The van der Waals surface area contributed by atoms with Crippen LogP contribution in [0.4, 0.5) is 18.9 Å². The molecule has 18 heavy (non-hydrogen) atoms. The van der Waals surface area contributed by atoms with Crippen molar-refractivity contribution >= 4 is 11.7 Å². The molecule has 1 aromatic rings. The number of aliphatic carboxylic acids is 1. The Morgan fingerprint density at radius 2 is 2.06 bits per heavy atom. The van der Waals surface area contributed by atoms with Crippen LogP contribution < -0.4 is 16.0 Å². The highest BCUT2D eigenvalue weighted by molar-refractivity contribution is 5.76. The second kappa shape index (κ2) is 5.10. The first-order chi connectivity index (χ1) is 8.24. The first-order valence-electron chi connectivity index (χ1n) is 4.52. The smallest absolute Gasteiger partial charge is 0.479 e. The van der Waals surface area contributed by atoms with Gasteiger partial charge in [-0.3, -0.25) is 5.84 Å². The minimum Gasteiger partial charge on any atom is -0.479 e. The molecule has 0 heterocycles. The Morgan fingerprint density at radius 3 is 2.50 bits per heavy atom. The Hall–Kier alpha value is -2.00. The van der Waals surface area contributed by atoms with Crippen LogP contribution in [0.1, 0.15) is 11.7 Å². The molecule has 0 aliphatic carbocycles. The van der Waals surface area contributed by atoms with Gasteiger partial charge >= 0.3 is 12.3 Å². The molecule has 1 aromatic carbocycles. The number of aliphatic hydroxyl groups excluding tert-OH is 1. The van der Waals surface area contributed by atoms with Gasteiger partial charge in [-0.2, -0.15) is 0 Å². The number of halogens is 3. The summed E-state index contributed by atoms with van der Waals surface area (Å²) in [5.74, 6) is 2.51. The number of benzene rings is 1. The van der Waals surface area contributed by atoms with Crippen LogP contribution in [0.15, 0.2) is 18.2 Å². The summed E-state index contributed by atoms with van der Waals surface area (Å²) in [5.41, 5.74) is 1.68. The molecule has 0 aromatic heterocycles. The molecule has 0 aliphatic rings. The number of carboxylic acids is 1. The van der Waals surface area contributed by atoms with Crippen molar-refractivity contribution in [2.75, 3.05) is 5.43 Å². The van der Waals surface area contributed by atoms with Gasteiger partial charge in [-0.15, -0.1) is 13.2 Å². The zero-order valence-corrected chi connectivity index (χ0v) is 8.73. The summed E-state index contributed by atoms with van der Waals surface area (Å²) < 4.78 is 39.8. The van der Waals surface area contributed by atoms with Crippen molar-refractivity contribution in [3.63, 3.8) is 0 Å². The highest BCUT2D eigenvalue weighted by atomic mass is 19.4. The van der Waals surface area contributed by atoms with E-state index in [-0.39, 0.29) is 5.69 Å². The van der Waals surface area contributed by atoms with E-state index in [4.69, 9.17) is 10.9 Å². The van der Waals surface area contributed by atoms with E-state index in [1.807, 2.05) is 0 Å². The molecule has 0 spiro atoms. The molecular weight excluding hydrogens is 257 g/mol. The van der Waals surface area contributed by atoms with E-state index >= 15 is 0 Å². The number of aliphatic hydroxyl groups is 1. The van der Waals surface area contributed by atoms with Crippen molar-refractivity contribution in [2.45, 2.75) is 12.5 Å². The standard InChI is InChI=1S/C9H9F3N2O4/c10-9(11,12)18-6-2-1-4(14-13)3-5(6)7(15)8(16)17/h1-3,7,14-15H,13H2,(H,16,17). The quantitative estimate of drug-likeness (QED) is 0.478. The molecule has 0 radical (unpaired) electrons. The van der Waals surface area contributed by atoms with Gasteiger partial charge in [0.1, 0.15) is 5.75 Å². The topological polar surface area (TPSA) is 105 Å². The number of hydrogen-bond donors (Lipinski definition) is 4. The van der Waals surface area contributed by atoms with E-state index in [2.05, 4.69) is 10.2 Å². The fourth-order valence-electron chi connectivity index (χ4n) is 1.20. The summed E-state index contributed by atoms with van der Waals surface area (Å²) in [7, 11) is 0. The molecule has 1 unspecified atom stereocenters. The Bertz CT molecular complexity index is 450. The van der Waals surface area contributed by atoms with E-state index in [9.17, 15) is 23.1 Å². The van der Waals surface area contributed by atoms with Gasteiger partial charge in [0.15, 0.2) is 6.10 Å². The summed E-state index contributed by atoms with van der Waals surface area (Å²) in [5, 5.41) is 17.9. The molecule has 0 amide bonds. The molecule has 100 valence electrons. The van der Waals surface area contributed by atoms with E-state index in [1.165, 1.54) is 0 Å². The molecule has 0 saturated carbocycles. The van der Waals surface area contributed by atoms with E-state index < -0.39 is 29.7 Å². The minimum absolute atomic E-state index is 0.125. The molecule has 0 fully saturated rings.